The monoisotopic (exact) mass is 232 g/mol. The predicted octanol–water partition coefficient (Wildman–Crippen LogP) is 2.75. The van der Waals surface area contributed by atoms with Gasteiger partial charge < -0.3 is 0 Å². The first-order chi connectivity index (χ1) is 7.74. The van der Waals surface area contributed by atoms with E-state index < -0.39 is 0 Å². The van der Waals surface area contributed by atoms with Crippen molar-refractivity contribution in [3.05, 3.63) is 47.0 Å². The summed E-state index contributed by atoms with van der Waals surface area (Å²) in [5, 5.41) is 0. The molecule has 0 heterocycles. The molecule has 1 aliphatic carbocycles. The first-order valence-corrected chi connectivity index (χ1v) is 6.51. The lowest BCUT2D eigenvalue weighted by atomic mass is 9.88. The van der Waals surface area contributed by atoms with Crippen molar-refractivity contribution in [2.24, 2.45) is 0 Å². The summed E-state index contributed by atoms with van der Waals surface area (Å²) in [6, 6.07) is 7.01. The van der Waals surface area contributed by atoms with E-state index in [0.717, 1.165) is 5.75 Å². The number of rotatable bonds is 3. The van der Waals surface area contributed by atoms with E-state index in [4.69, 9.17) is 0 Å². The minimum atomic E-state index is -0.0497. The summed E-state index contributed by atoms with van der Waals surface area (Å²) < 4.78 is 0. The Morgan fingerprint density at radius 1 is 1.12 bits per heavy atom. The molecule has 3 heteroatoms. The van der Waals surface area contributed by atoms with E-state index in [1.165, 1.54) is 6.08 Å². The number of hydrogen-bond acceptors (Lipinski definition) is 3. The van der Waals surface area contributed by atoms with Crippen molar-refractivity contribution in [1.82, 2.24) is 0 Å². The Balaban J connectivity index is 2.36. The molecule has 16 heavy (non-hydrogen) atoms. The Hall–Kier alpha value is -1.35. The lowest BCUT2D eigenvalue weighted by Gasteiger charge is -2.14. The fourth-order valence-corrected chi connectivity index (χ4v) is 2.19. The van der Waals surface area contributed by atoms with E-state index in [0.29, 0.717) is 23.1 Å². The van der Waals surface area contributed by atoms with Gasteiger partial charge in [-0.2, -0.15) is 11.8 Å². The molecule has 0 aromatic heterocycles. The molecule has 1 aromatic rings. The van der Waals surface area contributed by atoms with Crippen molar-refractivity contribution in [1.29, 1.82) is 0 Å². The zero-order chi connectivity index (χ0) is 11.5. The van der Waals surface area contributed by atoms with E-state index >= 15 is 0 Å². The molecule has 2 rings (SSSR count). The molecule has 0 unspecified atom stereocenters. The maximum absolute atomic E-state index is 12.0. The van der Waals surface area contributed by atoms with Gasteiger partial charge in [0, 0.05) is 16.7 Å². The van der Waals surface area contributed by atoms with Gasteiger partial charge in [-0.1, -0.05) is 24.3 Å². The normalized spacial score (nSPS) is 14.7. The molecule has 0 atom stereocenters. The number of allylic oxidation sites excluding steroid dienone is 2. The number of Topliss-reactive ketones (excluding diaryl/α,β-unsaturated/α-hetero) is 1. The van der Waals surface area contributed by atoms with Gasteiger partial charge in [-0.25, -0.2) is 0 Å². The van der Waals surface area contributed by atoms with Crippen LogP contribution in [0.4, 0.5) is 0 Å². The zero-order valence-electron chi connectivity index (χ0n) is 9.03. The van der Waals surface area contributed by atoms with Crippen molar-refractivity contribution in [2.75, 3.05) is 12.0 Å². The standard InChI is InChI=1S/C13H12O2S/c1-16-7-6-9-8-12(14)10-4-2-3-5-11(10)13(9)15/h2-5,8H,6-7H2,1H3. The summed E-state index contributed by atoms with van der Waals surface area (Å²) in [5.74, 6) is 0.822. The molecule has 2 nitrogen and oxygen atoms in total. The molecule has 0 saturated carbocycles. The van der Waals surface area contributed by atoms with Crippen LogP contribution < -0.4 is 0 Å². The summed E-state index contributed by atoms with van der Waals surface area (Å²) in [4.78, 5) is 23.8. The Kier molecular flexibility index (Phi) is 3.25. The quantitative estimate of drug-likeness (QED) is 0.803. The van der Waals surface area contributed by atoms with Crippen LogP contribution in [0.25, 0.3) is 0 Å². The summed E-state index contributed by atoms with van der Waals surface area (Å²) in [5.41, 5.74) is 1.71. The third-order valence-electron chi connectivity index (χ3n) is 2.61. The fraction of sp³-hybridized carbons (Fsp3) is 0.231. The number of carbonyl (C=O) groups is 2. The summed E-state index contributed by atoms with van der Waals surface area (Å²) in [7, 11) is 0. The highest BCUT2D eigenvalue weighted by Gasteiger charge is 2.24. The van der Waals surface area contributed by atoms with Crippen LogP contribution >= 0.6 is 11.8 Å². The van der Waals surface area contributed by atoms with Crippen LogP contribution in [0.5, 0.6) is 0 Å². The van der Waals surface area contributed by atoms with Gasteiger partial charge >= 0.3 is 0 Å². The third kappa shape index (κ3) is 1.95. The van der Waals surface area contributed by atoms with Crippen molar-refractivity contribution >= 4 is 23.3 Å². The number of carbonyl (C=O) groups excluding carboxylic acids is 2. The first-order valence-electron chi connectivity index (χ1n) is 5.11. The third-order valence-corrected chi connectivity index (χ3v) is 3.22. The second-order valence-electron chi connectivity index (χ2n) is 3.65. The average Bonchev–Trinajstić information content (AvgIpc) is 2.32. The van der Waals surface area contributed by atoms with Crippen LogP contribution in [-0.2, 0) is 0 Å². The molecule has 0 spiro atoms. The summed E-state index contributed by atoms with van der Waals surface area (Å²) in [6.45, 7) is 0. The molecule has 0 radical (unpaired) electrons. The van der Waals surface area contributed by atoms with Gasteiger partial charge in [-0.05, 0) is 24.5 Å². The number of hydrogen-bond donors (Lipinski definition) is 0. The van der Waals surface area contributed by atoms with Crippen LogP contribution in [0.2, 0.25) is 0 Å². The van der Waals surface area contributed by atoms with Crippen molar-refractivity contribution in [3.8, 4) is 0 Å². The zero-order valence-corrected chi connectivity index (χ0v) is 9.84. The van der Waals surface area contributed by atoms with Crippen LogP contribution in [0.1, 0.15) is 27.1 Å². The highest BCUT2D eigenvalue weighted by molar-refractivity contribution is 7.98. The van der Waals surface area contributed by atoms with Crippen molar-refractivity contribution in [2.45, 2.75) is 6.42 Å². The maximum Gasteiger partial charge on any atom is 0.189 e. The molecule has 0 amide bonds. The average molecular weight is 232 g/mol. The van der Waals surface area contributed by atoms with E-state index in [1.807, 2.05) is 6.26 Å². The van der Waals surface area contributed by atoms with Crippen LogP contribution in [0.3, 0.4) is 0 Å². The minimum Gasteiger partial charge on any atom is -0.289 e. The summed E-state index contributed by atoms with van der Waals surface area (Å²) in [6.07, 6.45) is 4.14. The van der Waals surface area contributed by atoms with Crippen LogP contribution in [0.15, 0.2) is 35.9 Å². The van der Waals surface area contributed by atoms with E-state index in [1.54, 1.807) is 36.0 Å². The molecule has 0 N–H and O–H groups in total. The van der Waals surface area contributed by atoms with Gasteiger partial charge in [0.1, 0.15) is 0 Å². The number of thioether (sulfide) groups is 1. The predicted molar refractivity (Wildman–Crippen MR) is 66.2 cm³/mol. The van der Waals surface area contributed by atoms with E-state index in [-0.39, 0.29) is 11.6 Å². The molecule has 1 aliphatic rings. The highest BCUT2D eigenvalue weighted by atomic mass is 32.2. The van der Waals surface area contributed by atoms with E-state index in [9.17, 15) is 9.59 Å². The van der Waals surface area contributed by atoms with Crippen molar-refractivity contribution < 1.29 is 9.59 Å². The molecule has 0 aliphatic heterocycles. The molecule has 82 valence electrons. The van der Waals surface area contributed by atoms with Gasteiger partial charge in [-0.15, -0.1) is 0 Å². The molecular weight excluding hydrogens is 220 g/mol. The number of fused-ring (bicyclic) bond motifs is 1. The van der Waals surface area contributed by atoms with Crippen LogP contribution in [0, 0.1) is 0 Å². The van der Waals surface area contributed by atoms with Gasteiger partial charge in [0.05, 0.1) is 0 Å². The maximum atomic E-state index is 12.0. The largest absolute Gasteiger partial charge is 0.289 e. The molecular formula is C13H12O2S. The molecule has 0 fully saturated rings. The second-order valence-corrected chi connectivity index (χ2v) is 4.64. The number of ketones is 2. The molecule has 0 bridgehead atoms. The second kappa shape index (κ2) is 4.66. The SMILES string of the molecule is CSCCC1=CC(=O)c2ccccc2C1=O. The highest BCUT2D eigenvalue weighted by Crippen LogP contribution is 2.23. The minimum absolute atomic E-state index is 0.00394. The fourth-order valence-electron chi connectivity index (χ4n) is 1.77. The Bertz CT molecular complexity index is 475. The Morgan fingerprint density at radius 3 is 2.50 bits per heavy atom. The Labute approximate surface area is 98.7 Å². The molecule has 1 aromatic carbocycles. The smallest absolute Gasteiger partial charge is 0.189 e. The molecule has 0 saturated heterocycles. The first kappa shape index (κ1) is 11.1. The lowest BCUT2D eigenvalue weighted by molar-refractivity contribution is 0.0982. The summed E-state index contributed by atoms with van der Waals surface area (Å²) >= 11 is 1.68. The Morgan fingerprint density at radius 2 is 1.81 bits per heavy atom. The van der Waals surface area contributed by atoms with Crippen molar-refractivity contribution in [3.63, 3.8) is 0 Å². The lowest BCUT2D eigenvalue weighted by Crippen LogP contribution is -2.17. The van der Waals surface area contributed by atoms with Gasteiger partial charge in [-0.3, -0.25) is 9.59 Å². The number of benzene rings is 1. The van der Waals surface area contributed by atoms with Gasteiger partial charge in [0.25, 0.3) is 0 Å². The van der Waals surface area contributed by atoms with Gasteiger partial charge in [0.2, 0.25) is 0 Å². The topological polar surface area (TPSA) is 34.1 Å². The van der Waals surface area contributed by atoms with Gasteiger partial charge in [0.15, 0.2) is 11.6 Å². The van der Waals surface area contributed by atoms with Crippen LogP contribution in [-0.4, -0.2) is 23.6 Å². The van der Waals surface area contributed by atoms with E-state index in [2.05, 4.69) is 0 Å².